The minimum Gasteiger partial charge on any atom is -0.496 e. The van der Waals surface area contributed by atoms with Crippen molar-refractivity contribution in [3.8, 4) is 17.2 Å². The van der Waals surface area contributed by atoms with E-state index in [1.807, 2.05) is 12.1 Å². The molecule has 0 fully saturated rings. The molecule has 0 aliphatic carbocycles. The number of ether oxygens (including phenoxy) is 3. The molecular weight excluding hydrogens is 304 g/mol. The van der Waals surface area contributed by atoms with Crippen LogP contribution in [0.3, 0.4) is 0 Å². The number of methoxy groups -OCH3 is 1. The molecule has 4 nitrogen and oxygen atoms in total. The van der Waals surface area contributed by atoms with E-state index in [0.29, 0.717) is 30.1 Å². The van der Waals surface area contributed by atoms with Crippen LogP contribution in [0.5, 0.6) is 17.2 Å². The van der Waals surface area contributed by atoms with Gasteiger partial charge in [-0.05, 0) is 18.9 Å². The van der Waals surface area contributed by atoms with Gasteiger partial charge in [0.15, 0.2) is 11.5 Å². The zero-order valence-electron chi connectivity index (χ0n) is 15.0. The lowest BCUT2D eigenvalue weighted by molar-refractivity contribution is 0.146. The van der Waals surface area contributed by atoms with Crippen molar-refractivity contribution in [1.82, 2.24) is 0 Å². The van der Waals surface area contributed by atoms with Crippen LogP contribution in [0.4, 0.5) is 0 Å². The lowest BCUT2D eigenvalue weighted by Crippen LogP contribution is -2.05. The lowest BCUT2D eigenvalue weighted by atomic mass is 9.96. The molecule has 0 aromatic heterocycles. The van der Waals surface area contributed by atoms with Gasteiger partial charge in [0.05, 0.1) is 18.8 Å². The van der Waals surface area contributed by atoms with Crippen molar-refractivity contribution in [2.24, 2.45) is 0 Å². The number of allylic oxidation sites excluding steroid dienone is 1. The Balaban J connectivity index is 2.10. The summed E-state index contributed by atoms with van der Waals surface area (Å²) in [6.07, 6.45) is 9.77. The number of hydrogen-bond acceptors (Lipinski definition) is 4. The second kappa shape index (κ2) is 9.58. The van der Waals surface area contributed by atoms with Crippen LogP contribution in [-0.4, -0.2) is 19.0 Å². The molecule has 0 amide bonds. The predicted molar refractivity (Wildman–Crippen MR) is 96.0 cm³/mol. The zero-order chi connectivity index (χ0) is 17.4. The Morgan fingerprint density at radius 3 is 2.71 bits per heavy atom. The average Bonchev–Trinajstić information content (AvgIpc) is 3.04. The van der Waals surface area contributed by atoms with Gasteiger partial charge >= 0.3 is 0 Å². The Labute approximate surface area is 145 Å². The van der Waals surface area contributed by atoms with Crippen LogP contribution >= 0.6 is 0 Å². The third kappa shape index (κ3) is 4.44. The number of unbranched alkanes of at least 4 members (excludes halogenated alkanes) is 5. The molecule has 0 bridgehead atoms. The third-order valence-corrected chi connectivity index (χ3v) is 4.46. The van der Waals surface area contributed by atoms with Gasteiger partial charge in [0.25, 0.3) is 0 Å². The standard InChI is InChI=1S/C20H30O4/c1-4-6-7-8-9-10-12-16(21)18-19(22-3)15(11-5-2)13-17-20(18)24-14-23-17/h5,13,16,21H,2,4,6-12,14H2,1,3H3. The van der Waals surface area contributed by atoms with Crippen molar-refractivity contribution in [3.63, 3.8) is 0 Å². The first kappa shape index (κ1) is 18.7. The summed E-state index contributed by atoms with van der Waals surface area (Å²) in [6, 6.07) is 1.92. The minimum atomic E-state index is -0.605. The number of hydrogen-bond donors (Lipinski definition) is 1. The monoisotopic (exact) mass is 334 g/mol. The highest BCUT2D eigenvalue weighted by Crippen LogP contribution is 2.47. The van der Waals surface area contributed by atoms with Crippen molar-refractivity contribution in [3.05, 3.63) is 29.8 Å². The van der Waals surface area contributed by atoms with Gasteiger partial charge in [0, 0.05) is 5.56 Å². The first-order chi connectivity index (χ1) is 11.7. The number of benzene rings is 1. The maximum absolute atomic E-state index is 10.8. The van der Waals surface area contributed by atoms with Gasteiger partial charge in [0.1, 0.15) is 5.75 Å². The van der Waals surface area contributed by atoms with E-state index < -0.39 is 6.10 Å². The Morgan fingerprint density at radius 2 is 2.00 bits per heavy atom. The van der Waals surface area contributed by atoms with Crippen LogP contribution in [0.25, 0.3) is 0 Å². The lowest BCUT2D eigenvalue weighted by Gasteiger charge is -2.19. The summed E-state index contributed by atoms with van der Waals surface area (Å²) in [7, 11) is 1.63. The molecular formula is C20H30O4. The summed E-state index contributed by atoms with van der Waals surface area (Å²) >= 11 is 0. The fourth-order valence-corrected chi connectivity index (χ4v) is 3.22. The smallest absolute Gasteiger partial charge is 0.231 e. The van der Waals surface area contributed by atoms with Gasteiger partial charge in [0.2, 0.25) is 6.79 Å². The van der Waals surface area contributed by atoms with Crippen molar-refractivity contribution >= 4 is 0 Å². The molecule has 0 saturated heterocycles. The van der Waals surface area contributed by atoms with E-state index in [1.54, 1.807) is 7.11 Å². The van der Waals surface area contributed by atoms with Crippen LogP contribution < -0.4 is 14.2 Å². The van der Waals surface area contributed by atoms with Crippen LogP contribution in [0.15, 0.2) is 18.7 Å². The quantitative estimate of drug-likeness (QED) is 0.460. The predicted octanol–water partition coefficient (Wildman–Crippen LogP) is 4.94. The summed E-state index contributed by atoms with van der Waals surface area (Å²) in [4.78, 5) is 0. The van der Waals surface area contributed by atoms with Crippen LogP contribution in [0.1, 0.15) is 69.1 Å². The summed E-state index contributed by atoms with van der Waals surface area (Å²) in [6.45, 7) is 6.20. The molecule has 1 N–H and O–H groups in total. The molecule has 1 aromatic carbocycles. The summed E-state index contributed by atoms with van der Waals surface area (Å²) in [5.41, 5.74) is 1.69. The van der Waals surface area contributed by atoms with Gasteiger partial charge in [-0.3, -0.25) is 0 Å². The van der Waals surface area contributed by atoms with Crippen molar-refractivity contribution in [2.75, 3.05) is 13.9 Å². The highest BCUT2D eigenvalue weighted by atomic mass is 16.7. The first-order valence-corrected chi connectivity index (χ1v) is 9.01. The molecule has 2 rings (SSSR count). The Morgan fingerprint density at radius 1 is 1.25 bits per heavy atom. The van der Waals surface area contributed by atoms with E-state index in [0.717, 1.165) is 24.0 Å². The zero-order valence-corrected chi connectivity index (χ0v) is 15.0. The van der Waals surface area contributed by atoms with Gasteiger partial charge in [-0.15, -0.1) is 6.58 Å². The van der Waals surface area contributed by atoms with E-state index in [4.69, 9.17) is 14.2 Å². The van der Waals surface area contributed by atoms with E-state index in [-0.39, 0.29) is 6.79 Å². The molecule has 24 heavy (non-hydrogen) atoms. The Kier molecular flexibility index (Phi) is 7.44. The van der Waals surface area contributed by atoms with Crippen molar-refractivity contribution < 1.29 is 19.3 Å². The molecule has 1 atom stereocenters. The number of aliphatic hydroxyl groups is 1. The minimum absolute atomic E-state index is 0.187. The Bertz CT molecular complexity index is 539. The first-order valence-electron chi connectivity index (χ1n) is 9.01. The normalized spacial score (nSPS) is 13.8. The summed E-state index contributed by atoms with van der Waals surface area (Å²) in [5, 5.41) is 10.8. The second-order valence-corrected chi connectivity index (χ2v) is 6.28. The highest BCUT2D eigenvalue weighted by Gasteiger charge is 2.28. The summed E-state index contributed by atoms with van der Waals surface area (Å²) < 4.78 is 16.7. The Hall–Kier alpha value is -1.68. The molecule has 1 heterocycles. The molecule has 0 spiro atoms. The van der Waals surface area contributed by atoms with E-state index >= 15 is 0 Å². The number of rotatable bonds is 11. The van der Waals surface area contributed by atoms with E-state index in [9.17, 15) is 5.11 Å². The number of aliphatic hydroxyl groups excluding tert-OH is 1. The van der Waals surface area contributed by atoms with Gasteiger partial charge < -0.3 is 19.3 Å². The highest BCUT2D eigenvalue weighted by molar-refractivity contribution is 5.60. The molecule has 1 aromatic rings. The molecule has 134 valence electrons. The fourth-order valence-electron chi connectivity index (χ4n) is 3.22. The topological polar surface area (TPSA) is 47.9 Å². The molecule has 0 radical (unpaired) electrons. The van der Waals surface area contributed by atoms with Gasteiger partial charge in [-0.2, -0.15) is 0 Å². The number of fused-ring (bicyclic) bond motifs is 1. The largest absolute Gasteiger partial charge is 0.496 e. The van der Waals surface area contributed by atoms with E-state index in [2.05, 4.69) is 13.5 Å². The van der Waals surface area contributed by atoms with Crippen LogP contribution in [0, 0.1) is 0 Å². The maximum atomic E-state index is 10.8. The molecule has 1 unspecified atom stereocenters. The van der Waals surface area contributed by atoms with Crippen molar-refractivity contribution in [2.45, 2.75) is 64.4 Å². The van der Waals surface area contributed by atoms with Gasteiger partial charge in [-0.25, -0.2) is 0 Å². The maximum Gasteiger partial charge on any atom is 0.231 e. The molecule has 1 aliphatic rings. The SMILES string of the molecule is C=CCc1cc2c(c(C(O)CCCCCCCC)c1OC)OCO2. The van der Waals surface area contributed by atoms with Crippen molar-refractivity contribution in [1.29, 1.82) is 0 Å². The average molecular weight is 334 g/mol. The summed E-state index contributed by atoms with van der Waals surface area (Å²) in [5.74, 6) is 2.00. The second-order valence-electron chi connectivity index (χ2n) is 6.28. The molecule has 0 saturated carbocycles. The third-order valence-electron chi connectivity index (χ3n) is 4.46. The van der Waals surface area contributed by atoms with Crippen LogP contribution in [0.2, 0.25) is 0 Å². The molecule has 1 aliphatic heterocycles. The van der Waals surface area contributed by atoms with Gasteiger partial charge in [-0.1, -0.05) is 51.5 Å². The van der Waals surface area contributed by atoms with E-state index in [1.165, 1.54) is 25.7 Å². The molecule has 4 heteroatoms. The van der Waals surface area contributed by atoms with Crippen LogP contribution in [-0.2, 0) is 6.42 Å². The fraction of sp³-hybridized carbons (Fsp3) is 0.600.